The molecular weight excluding hydrogens is 266 g/mol. The van der Waals surface area contributed by atoms with Crippen LogP contribution in [0.2, 0.25) is 0 Å². The van der Waals surface area contributed by atoms with Crippen molar-refractivity contribution in [2.75, 3.05) is 39.9 Å². The summed E-state index contributed by atoms with van der Waals surface area (Å²) in [6, 6.07) is 7.94. The first kappa shape index (κ1) is 15.9. The summed E-state index contributed by atoms with van der Waals surface area (Å²) in [7, 11) is 1.72. The van der Waals surface area contributed by atoms with Crippen molar-refractivity contribution in [2.24, 2.45) is 5.73 Å². The van der Waals surface area contributed by atoms with Gasteiger partial charge in [0.25, 0.3) is 5.91 Å². The second-order valence-electron chi connectivity index (χ2n) is 5.53. The quantitative estimate of drug-likeness (QED) is 0.877. The second-order valence-corrected chi connectivity index (χ2v) is 5.53. The van der Waals surface area contributed by atoms with Crippen LogP contribution in [0.1, 0.15) is 22.8 Å². The van der Waals surface area contributed by atoms with Gasteiger partial charge in [0.05, 0.1) is 6.61 Å². The minimum Gasteiger partial charge on any atom is -0.383 e. The number of rotatable bonds is 5. The molecule has 1 aliphatic heterocycles. The van der Waals surface area contributed by atoms with Crippen molar-refractivity contribution in [3.63, 3.8) is 0 Å². The Morgan fingerprint density at radius 1 is 1.33 bits per heavy atom. The van der Waals surface area contributed by atoms with Crippen molar-refractivity contribution in [1.29, 1.82) is 0 Å². The van der Waals surface area contributed by atoms with E-state index >= 15 is 0 Å². The van der Waals surface area contributed by atoms with Crippen molar-refractivity contribution in [2.45, 2.75) is 19.5 Å². The predicted molar refractivity (Wildman–Crippen MR) is 83.1 cm³/mol. The molecule has 5 nitrogen and oxygen atoms in total. The molecular formula is C16H25N3O2. The highest BCUT2D eigenvalue weighted by Gasteiger charge is 2.26. The number of nitrogens with zero attached hydrogens (tertiary/aromatic N) is 2. The lowest BCUT2D eigenvalue weighted by Crippen LogP contribution is -2.54. The lowest BCUT2D eigenvalue weighted by Gasteiger charge is -2.39. The maximum Gasteiger partial charge on any atom is 0.253 e. The summed E-state index contributed by atoms with van der Waals surface area (Å²) in [6.07, 6.45) is 0. The van der Waals surface area contributed by atoms with Crippen LogP contribution in [0.3, 0.4) is 0 Å². The topological polar surface area (TPSA) is 58.8 Å². The van der Waals surface area contributed by atoms with Gasteiger partial charge in [0.15, 0.2) is 0 Å². The van der Waals surface area contributed by atoms with Gasteiger partial charge < -0.3 is 15.4 Å². The number of piperazine rings is 1. The highest BCUT2D eigenvalue weighted by Crippen LogP contribution is 2.13. The molecule has 0 saturated carbocycles. The van der Waals surface area contributed by atoms with Gasteiger partial charge in [-0.15, -0.1) is 0 Å². The van der Waals surface area contributed by atoms with Crippen LogP contribution in [0.4, 0.5) is 0 Å². The standard InChI is InChI=1S/C16H25N3O2/c1-13-12-19(8-7-18(13)9-10-21-2)16(20)15-5-3-14(11-17)4-6-15/h3-6,13H,7-12,17H2,1-2H3. The van der Waals surface area contributed by atoms with E-state index < -0.39 is 0 Å². The van der Waals surface area contributed by atoms with E-state index in [0.29, 0.717) is 12.6 Å². The van der Waals surface area contributed by atoms with Crippen LogP contribution < -0.4 is 5.73 Å². The fourth-order valence-electron chi connectivity index (χ4n) is 2.69. The highest BCUT2D eigenvalue weighted by molar-refractivity contribution is 5.94. The molecule has 0 radical (unpaired) electrons. The molecule has 1 atom stereocenters. The first-order valence-corrected chi connectivity index (χ1v) is 7.47. The molecule has 1 aromatic carbocycles. The Bertz CT molecular complexity index is 461. The molecule has 116 valence electrons. The summed E-state index contributed by atoms with van der Waals surface area (Å²) in [4.78, 5) is 16.8. The summed E-state index contributed by atoms with van der Waals surface area (Å²) in [5.74, 6) is 0.108. The zero-order chi connectivity index (χ0) is 15.2. The van der Waals surface area contributed by atoms with E-state index in [1.54, 1.807) is 7.11 Å². The van der Waals surface area contributed by atoms with Crippen LogP contribution in [-0.2, 0) is 11.3 Å². The summed E-state index contributed by atoms with van der Waals surface area (Å²) in [5, 5.41) is 0. The van der Waals surface area contributed by atoms with Crippen molar-refractivity contribution >= 4 is 5.91 Å². The Labute approximate surface area is 126 Å². The molecule has 0 aliphatic carbocycles. The highest BCUT2D eigenvalue weighted by atomic mass is 16.5. The zero-order valence-corrected chi connectivity index (χ0v) is 12.9. The van der Waals surface area contributed by atoms with Gasteiger partial charge in [-0.05, 0) is 24.6 Å². The van der Waals surface area contributed by atoms with E-state index in [2.05, 4.69) is 11.8 Å². The van der Waals surface area contributed by atoms with E-state index in [0.717, 1.165) is 43.9 Å². The number of methoxy groups -OCH3 is 1. The summed E-state index contributed by atoms with van der Waals surface area (Å²) >= 11 is 0. The van der Waals surface area contributed by atoms with Crippen LogP contribution >= 0.6 is 0 Å². The molecule has 1 fully saturated rings. The molecule has 1 aliphatic rings. The molecule has 0 spiro atoms. The molecule has 2 N–H and O–H groups in total. The first-order valence-electron chi connectivity index (χ1n) is 7.47. The third kappa shape index (κ3) is 4.03. The third-order valence-electron chi connectivity index (χ3n) is 4.07. The van der Waals surface area contributed by atoms with Gasteiger partial charge in [0.1, 0.15) is 0 Å². The van der Waals surface area contributed by atoms with Crippen molar-refractivity contribution in [3.8, 4) is 0 Å². The number of carbonyl (C=O) groups is 1. The Kier molecular flexibility index (Phi) is 5.73. The van der Waals surface area contributed by atoms with E-state index in [4.69, 9.17) is 10.5 Å². The number of hydrogen-bond donors (Lipinski definition) is 1. The Morgan fingerprint density at radius 3 is 2.62 bits per heavy atom. The van der Waals surface area contributed by atoms with Gasteiger partial charge >= 0.3 is 0 Å². The minimum absolute atomic E-state index is 0.108. The van der Waals surface area contributed by atoms with Crippen LogP contribution in [0.15, 0.2) is 24.3 Å². The van der Waals surface area contributed by atoms with E-state index in [-0.39, 0.29) is 5.91 Å². The van der Waals surface area contributed by atoms with Gasteiger partial charge in [-0.1, -0.05) is 12.1 Å². The van der Waals surface area contributed by atoms with Gasteiger partial charge in [-0.25, -0.2) is 0 Å². The van der Waals surface area contributed by atoms with E-state index in [1.807, 2.05) is 29.2 Å². The monoisotopic (exact) mass is 291 g/mol. The fraction of sp³-hybridized carbons (Fsp3) is 0.562. The summed E-state index contributed by atoms with van der Waals surface area (Å²) in [6.45, 7) is 6.75. The Morgan fingerprint density at radius 2 is 2.05 bits per heavy atom. The van der Waals surface area contributed by atoms with E-state index in [1.165, 1.54) is 0 Å². The average molecular weight is 291 g/mol. The van der Waals surface area contributed by atoms with Crippen LogP contribution in [0.25, 0.3) is 0 Å². The number of nitrogens with two attached hydrogens (primary N) is 1. The molecule has 21 heavy (non-hydrogen) atoms. The zero-order valence-electron chi connectivity index (χ0n) is 12.9. The molecule has 1 amide bonds. The Hall–Kier alpha value is -1.43. The lowest BCUT2D eigenvalue weighted by atomic mass is 10.1. The van der Waals surface area contributed by atoms with Crippen LogP contribution in [-0.4, -0.2) is 61.6 Å². The molecule has 2 rings (SSSR count). The molecule has 1 unspecified atom stereocenters. The Balaban J connectivity index is 1.94. The fourth-order valence-corrected chi connectivity index (χ4v) is 2.69. The number of hydrogen-bond acceptors (Lipinski definition) is 4. The molecule has 5 heteroatoms. The molecule has 1 heterocycles. The number of amides is 1. The summed E-state index contributed by atoms with van der Waals surface area (Å²) < 4.78 is 5.13. The van der Waals surface area contributed by atoms with Gasteiger partial charge in [0.2, 0.25) is 0 Å². The molecule has 0 aromatic heterocycles. The van der Waals surface area contributed by atoms with Crippen molar-refractivity contribution in [1.82, 2.24) is 9.80 Å². The maximum absolute atomic E-state index is 12.5. The molecule has 1 aromatic rings. The van der Waals surface area contributed by atoms with Crippen molar-refractivity contribution in [3.05, 3.63) is 35.4 Å². The van der Waals surface area contributed by atoms with Crippen LogP contribution in [0, 0.1) is 0 Å². The predicted octanol–water partition coefficient (Wildman–Crippen LogP) is 0.938. The van der Waals surface area contributed by atoms with Gasteiger partial charge in [-0.3, -0.25) is 9.69 Å². The van der Waals surface area contributed by atoms with Crippen LogP contribution in [0.5, 0.6) is 0 Å². The first-order chi connectivity index (χ1) is 10.2. The summed E-state index contributed by atoms with van der Waals surface area (Å²) in [5.41, 5.74) is 7.37. The molecule has 1 saturated heterocycles. The maximum atomic E-state index is 12.5. The number of benzene rings is 1. The lowest BCUT2D eigenvalue weighted by molar-refractivity contribution is 0.0434. The minimum atomic E-state index is 0.108. The third-order valence-corrected chi connectivity index (χ3v) is 4.07. The number of ether oxygens (including phenoxy) is 1. The van der Waals surface area contributed by atoms with Gasteiger partial charge in [-0.2, -0.15) is 0 Å². The normalized spacial score (nSPS) is 19.8. The van der Waals surface area contributed by atoms with Crippen molar-refractivity contribution < 1.29 is 9.53 Å². The average Bonchev–Trinajstić information content (AvgIpc) is 2.53. The second kappa shape index (κ2) is 7.54. The van der Waals surface area contributed by atoms with E-state index in [9.17, 15) is 4.79 Å². The molecule has 0 bridgehead atoms. The smallest absolute Gasteiger partial charge is 0.253 e. The SMILES string of the molecule is COCCN1CCN(C(=O)c2ccc(CN)cc2)CC1C. The largest absolute Gasteiger partial charge is 0.383 e. The number of carbonyl (C=O) groups excluding carboxylic acids is 1. The van der Waals surface area contributed by atoms with Gasteiger partial charge in [0, 0.05) is 51.4 Å².